The Labute approximate surface area is 256 Å². The molecule has 2 aliphatic heterocycles. The summed E-state index contributed by atoms with van der Waals surface area (Å²) >= 11 is 13.9. The molecule has 2 aliphatic rings. The van der Waals surface area contributed by atoms with Crippen LogP contribution < -0.4 is 20.1 Å². The van der Waals surface area contributed by atoms with Crippen LogP contribution in [-0.4, -0.2) is 52.0 Å². The SMILES string of the molecule is CS(=O)(=O)[N+]1(NC(=O)C(CSCc2ccccc2)NCc2ccc(Cl)c(Cl)c2)CC2(CCNCC2)c2ccccc21. The maximum Gasteiger partial charge on any atom is 0.321 e. The van der Waals surface area contributed by atoms with Crippen LogP contribution in [0.15, 0.2) is 72.8 Å². The van der Waals surface area contributed by atoms with E-state index >= 15 is 0 Å². The van der Waals surface area contributed by atoms with Crippen LogP contribution in [0.5, 0.6) is 0 Å². The molecule has 2 unspecified atom stereocenters. The highest BCUT2D eigenvalue weighted by molar-refractivity contribution is 7.98. The number of hydrogen-bond acceptors (Lipinski definition) is 6. The number of hydrogen-bond donors (Lipinski definition) is 3. The van der Waals surface area contributed by atoms with E-state index in [1.165, 1.54) is 6.26 Å². The summed E-state index contributed by atoms with van der Waals surface area (Å²) in [7, 11) is -3.80. The summed E-state index contributed by atoms with van der Waals surface area (Å²) in [4.78, 5) is 14.1. The molecule has 1 saturated heterocycles. The molecule has 41 heavy (non-hydrogen) atoms. The van der Waals surface area contributed by atoms with Gasteiger partial charge in [0.15, 0.2) is 5.69 Å². The minimum Gasteiger partial charge on any atom is -0.317 e. The fraction of sp³-hybridized carbons (Fsp3) is 0.367. The number of fused-ring (bicyclic) bond motifs is 2. The predicted molar refractivity (Wildman–Crippen MR) is 170 cm³/mol. The van der Waals surface area contributed by atoms with Crippen molar-refractivity contribution in [1.82, 2.24) is 20.1 Å². The highest BCUT2D eigenvalue weighted by Gasteiger charge is 2.60. The molecule has 0 bridgehead atoms. The topological polar surface area (TPSA) is 87.3 Å². The number of halogens is 2. The molecule has 1 spiro atoms. The van der Waals surface area contributed by atoms with Gasteiger partial charge in [-0.2, -0.15) is 25.6 Å². The van der Waals surface area contributed by atoms with Crippen molar-refractivity contribution < 1.29 is 13.2 Å². The van der Waals surface area contributed by atoms with E-state index in [-0.39, 0.29) is 17.9 Å². The molecule has 3 aromatic carbocycles. The number of quaternary nitrogens is 1. The highest BCUT2D eigenvalue weighted by Crippen LogP contribution is 2.50. The average molecular weight is 635 g/mol. The Morgan fingerprint density at radius 1 is 1.00 bits per heavy atom. The zero-order valence-electron chi connectivity index (χ0n) is 22.9. The molecule has 0 saturated carbocycles. The quantitative estimate of drug-likeness (QED) is 0.272. The van der Waals surface area contributed by atoms with E-state index < -0.39 is 20.1 Å². The summed E-state index contributed by atoms with van der Waals surface area (Å²) in [5, 5.41) is 7.65. The van der Waals surface area contributed by atoms with Crippen LogP contribution in [0.1, 0.15) is 29.5 Å². The second-order valence-electron chi connectivity index (χ2n) is 10.8. The number of amides is 1. The summed E-state index contributed by atoms with van der Waals surface area (Å²) in [5.41, 5.74) is 6.37. The van der Waals surface area contributed by atoms with Crippen LogP contribution in [0.4, 0.5) is 5.69 Å². The van der Waals surface area contributed by atoms with E-state index in [1.807, 2.05) is 48.5 Å². The Kier molecular flexibility index (Phi) is 9.35. The van der Waals surface area contributed by atoms with Gasteiger partial charge in [-0.3, -0.25) is 4.79 Å². The number of thioether (sulfide) groups is 1. The molecule has 0 radical (unpaired) electrons. The zero-order chi connectivity index (χ0) is 29.1. The van der Waals surface area contributed by atoms with Crippen LogP contribution >= 0.6 is 35.0 Å². The van der Waals surface area contributed by atoms with Crippen molar-refractivity contribution in [3.05, 3.63) is 99.5 Å². The van der Waals surface area contributed by atoms with Gasteiger partial charge in [-0.15, -0.1) is 0 Å². The molecule has 11 heteroatoms. The number of sulfonamides is 1. The third-order valence-electron chi connectivity index (χ3n) is 8.06. The number of rotatable bonds is 10. The van der Waals surface area contributed by atoms with E-state index in [0.29, 0.717) is 28.0 Å². The molecule has 3 aromatic rings. The molecule has 1 fully saturated rings. The standard InChI is InChI=1S/C30H34Cl2N4O3S2/c1-41(38,39)36(21-30(13-15-33-16-14-30)24-9-5-6-10-28(24)36)35-29(37)27(20-40-19-22-7-3-2-4-8-22)34-18-23-11-12-25(31)26(32)17-23/h2-12,17,27,33-34H,13-16,18-21H2,1H3/p+1. The Bertz CT molecular complexity index is 1500. The van der Waals surface area contributed by atoms with E-state index in [1.54, 1.807) is 23.9 Å². The second kappa shape index (κ2) is 12.6. The van der Waals surface area contributed by atoms with Gasteiger partial charge in [-0.1, -0.05) is 81.8 Å². The number of piperidine rings is 1. The minimum absolute atomic E-state index is 0.273. The molecule has 218 valence electrons. The van der Waals surface area contributed by atoms with Crippen LogP contribution in [0.25, 0.3) is 0 Å². The lowest BCUT2D eigenvalue weighted by atomic mass is 9.75. The average Bonchev–Trinajstić information content (AvgIpc) is 3.23. The zero-order valence-corrected chi connectivity index (χ0v) is 26.1. The van der Waals surface area contributed by atoms with Gasteiger partial charge >= 0.3 is 10.0 Å². The number of carbonyl (C=O) groups excluding carboxylic acids is 1. The van der Waals surface area contributed by atoms with Gasteiger partial charge in [-0.25, -0.2) is 0 Å². The number of carbonyl (C=O) groups is 1. The summed E-state index contributed by atoms with van der Waals surface area (Å²) in [6.07, 6.45) is 2.83. The van der Waals surface area contributed by atoms with E-state index in [4.69, 9.17) is 23.2 Å². The van der Waals surface area contributed by atoms with Crippen molar-refractivity contribution in [2.24, 2.45) is 0 Å². The first-order valence-corrected chi connectivity index (χ1v) is 17.4. The van der Waals surface area contributed by atoms with Gasteiger partial charge in [0, 0.05) is 29.7 Å². The lowest BCUT2D eigenvalue weighted by Gasteiger charge is -2.36. The van der Waals surface area contributed by atoms with Crippen molar-refractivity contribution in [1.29, 1.82) is 0 Å². The number of nitrogens with zero attached hydrogens (tertiary/aromatic N) is 1. The summed E-state index contributed by atoms with van der Waals surface area (Å²) in [5.74, 6) is 0.809. The normalized spacial score (nSPS) is 20.5. The van der Waals surface area contributed by atoms with Gasteiger partial charge < -0.3 is 10.6 Å². The Morgan fingerprint density at radius 2 is 1.71 bits per heavy atom. The summed E-state index contributed by atoms with van der Waals surface area (Å²) in [6, 6.07) is 22.4. The first kappa shape index (κ1) is 30.4. The fourth-order valence-electron chi connectivity index (χ4n) is 5.89. The first-order chi connectivity index (χ1) is 19.6. The van der Waals surface area contributed by atoms with Crippen molar-refractivity contribution >= 4 is 56.6 Å². The van der Waals surface area contributed by atoms with E-state index in [9.17, 15) is 13.2 Å². The van der Waals surface area contributed by atoms with Gasteiger partial charge in [0.05, 0.1) is 21.7 Å². The largest absolute Gasteiger partial charge is 0.321 e. The van der Waals surface area contributed by atoms with Crippen LogP contribution in [0.3, 0.4) is 0 Å². The lowest BCUT2D eigenvalue weighted by Crippen LogP contribution is -2.68. The van der Waals surface area contributed by atoms with Gasteiger partial charge in [0.25, 0.3) is 5.91 Å². The van der Waals surface area contributed by atoms with Crippen LogP contribution in [0, 0.1) is 0 Å². The maximum absolute atomic E-state index is 14.1. The highest BCUT2D eigenvalue weighted by atomic mass is 35.5. The smallest absolute Gasteiger partial charge is 0.317 e. The van der Waals surface area contributed by atoms with Crippen molar-refractivity contribution in [2.75, 3.05) is 31.6 Å². The first-order valence-electron chi connectivity index (χ1n) is 13.6. The van der Waals surface area contributed by atoms with Gasteiger partial charge in [0.1, 0.15) is 12.6 Å². The number of benzene rings is 3. The van der Waals surface area contributed by atoms with E-state index in [0.717, 1.165) is 48.4 Å². The molecule has 0 aromatic heterocycles. The monoisotopic (exact) mass is 633 g/mol. The van der Waals surface area contributed by atoms with Crippen LogP contribution in [0.2, 0.25) is 10.0 Å². The molecule has 0 aliphatic carbocycles. The Balaban J connectivity index is 1.42. The second-order valence-corrected chi connectivity index (χ2v) is 14.8. The van der Waals surface area contributed by atoms with Crippen molar-refractivity contribution in [3.63, 3.8) is 0 Å². The Morgan fingerprint density at radius 3 is 2.41 bits per heavy atom. The molecule has 5 rings (SSSR count). The predicted octanol–water partition coefficient (Wildman–Crippen LogP) is 5.02. The summed E-state index contributed by atoms with van der Waals surface area (Å²) < 4.78 is 26.7. The van der Waals surface area contributed by atoms with Crippen molar-refractivity contribution in [2.45, 2.75) is 36.6 Å². The lowest BCUT2D eigenvalue weighted by molar-refractivity contribution is -0.125. The van der Waals surface area contributed by atoms with Crippen molar-refractivity contribution in [3.8, 4) is 0 Å². The maximum atomic E-state index is 14.1. The summed E-state index contributed by atoms with van der Waals surface area (Å²) in [6.45, 7) is 2.24. The van der Waals surface area contributed by atoms with Gasteiger partial charge in [-0.05, 0) is 49.2 Å². The molecule has 2 heterocycles. The fourth-order valence-corrected chi connectivity index (χ4v) is 8.51. The number of para-hydroxylation sites is 1. The van der Waals surface area contributed by atoms with E-state index in [2.05, 4.69) is 28.2 Å². The molecule has 3 N–H and O–H groups in total. The minimum atomic E-state index is -3.80. The molecule has 7 nitrogen and oxygen atoms in total. The third-order valence-corrected chi connectivity index (χ3v) is 11.5. The molecule has 2 atom stereocenters. The molecular formula is C30H35Cl2N4O3S2+. The Hall–Kier alpha value is -2.11. The molecular weight excluding hydrogens is 599 g/mol. The third kappa shape index (κ3) is 6.46. The number of nitrogens with one attached hydrogen (secondary N) is 3. The molecule has 1 amide bonds. The van der Waals surface area contributed by atoms with Crippen LogP contribution in [-0.2, 0) is 32.5 Å². The van der Waals surface area contributed by atoms with Gasteiger partial charge in [0.2, 0.25) is 0 Å².